The minimum Gasteiger partial charge on any atom is -0.481 e. The molecule has 3 aromatic rings. The first-order valence-electron chi connectivity index (χ1n) is 10.6. The van der Waals surface area contributed by atoms with Gasteiger partial charge in [0, 0.05) is 18.9 Å². The van der Waals surface area contributed by atoms with Crippen molar-refractivity contribution in [3.05, 3.63) is 53.3 Å². The number of aromatic nitrogens is 3. The van der Waals surface area contributed by atoms with Crippen LogP contribution in [0.2, 0.25) is 0 Å². The highest BCUT2D eigenvalue weighted by atomic mass is 32.1. The van der Waals surface area contributed by atoms with Gasteiger partial charge in [0.15, 0.2) is 0 Å². The lowest BCUT2D eigenvalue weighted by Gasteiger charge is -2.26. The molecule has 0 aliphatic heterocycles. The molecule has 0 atom stereocenters. The maximum atomic E-state index is 11.1. The molecule has 8 heteroatoms. The Labute approximate surface area is 186 Å². The average Bonchev–Trinajstić information content (AvgIpc) is 3.23. The van der Waals surface area contributed by atoms with Gasteiger partial charge < -0.3 is 15.7 Å². The molecule has 31 heavy (non-hydrogen) atoms. The maximum absolute atomic E-state index is 11.1. The summed E-state index contributed by atoms with van der Waals surface area (Å²) >= 11 is 1.64. The predicted molar refractivity (Wildman–Crippen MR) is 122 cm³/mol. The third-order valence-corrected chi connectivity index (χ3v) is 6.65. The third kappa shape index (κ3) is 5.86. The van der Waals surface area contributed by atoms with Crippen LogP contribution in [0.3, 0.4) is 0 Å². The molecule has 1 aliphatic rings. The molecule has 0 amide bonds. The molecule has 0 saturated heterocycles. The van der Waals surface area contributed by atoms with Crippen LogP contribution in [0.5, 0.6) is 0 Å². The van der Waals surface area contributed by atoms with Crippen LogP contribution in [0.25, 0.3) is 10.6 Å². The van der Waals surface area contributed by atoms with Gasteiger partial charge in [-0.05, 0) is 74.9 Å². The summed E-state index contributed by atoms with van der Waals surface area (Å²) in [6, 6.07) is 9.84. The third-order valence-electron chi connectivity index (χ3n) is 5.63. The van der Waals surface area contributed by atoms with Gasteiger partial charge in [0.05, 0.1) is 16.5 Å². The summed E-state index contributed by atoms with van der Waals surface area (Å²) in [4.78, 5) is 25.7. The average molecular weight is 438 g/mol. The van der Waals surface area contributed by atoms with Crippen LogP contribution < -0.4 is 10.6 Å². The summed E-state index contributed by atoms with van der Waals surface area (Å²) < 4.78 is 0. The van der Waals surface area contributed by atoms with Crippen LogP contribution >= 0.6 is 11.3 Å². The van der Waals surface area contributed by atoms with Gasteiger partial charge in [-0.3, -0.25) is 4.79 Å². The molecule has 3 heterocycles. The first kappa shape index (κ1) is 21.4. The zero-order chi connectivity index (χ0) is 21.6. The first-order valence-corrected chi connectivity index (χ1v) is 11.4. The molecule has 4 rings (SSSR count). The summed E-state index contributed by atoms with van der Waals surface area (Å²) in [6.07, 6.45) is 7.19. The number of carboxylic acid groups (broad SMARTS) is 1. The van der Waals surface area contributed by atoms with Crippen molar-refractivity contribution in [1.29, 1.82) is 0 Å². The largest absolute Gasteiger partial charge is 0.481 e. The van der Waals surface area contributed by atoms with Crippen LogP contribution in [0, 0.1) is 18.8 Å². The van der Waals surface area contributed by atoms with Crippen molar-refractivity contribution in [1.82, 2.24) is 20.3 Å². The molecule has 1 aliphatic carbocycles. The fourth-order valence-corrected chi connectivity index (χ4v) is 4.74. The van der Waals surface area contributed by atoms with E-state index in [1.807, 2.05) is 43.5 Å². The number of nitrogens with zero attached hydrogens (tertiary/aromatic N) is 3. The van der Waals surface area contributed by atoms with Crippen LogP contribution in [0.4, 0.5) is 11.6 Å². The molecule has 0 radical (unpaired) electrons. The fourth-order valence-electron chi connectivity index (χ4n) is 3.88. The number of aryl methyl sites for hydroxylation is 1. The van der Waals surface area contributed by atoms with Crippen molar-refractivity contribution in [2.45, 2.75) is 39.2 Å². The summed E-state index contributed by atoms with van der Waals surface area (Å²) in [5.74, 6) is 1.27. The quantitative estimate of drug-likeness (QED) is 0.472. The normalized spacial score (nSPS) is 18.6. The first-order chi connectivity index (χ1) is 15.1. The Balaban J connectivity index is 1.30. The Hall–Kier alpha value is -2.84. The van der Waals surface area contributed by atoms with E-state index in [0.717, 1.165) is 65.0 Å². The van der Waals surface area contributed by atoms with Gasteiger partial charge in [0.1, 0.15) is 16.6 Å². The zero-order valence-electron chi connectivity index (χ0n) is 17.5. The molecule has 0 spiro atoms. The van der Waals surface area contributed by atoms with Crippen molar-refractivity contribution in [2.24, 2.45) is 11.8 Å². The van der Waals surface area contributed by atoms with Gasteiger partial charge in [-0.15, -0.1) is 11.3 Å². The second kappa shape index (κ2) is 9.98. The second-order valence-corrected chi connectivity index (χ2v) is 9.17. The molecule has 3 aromatic heterocycles. The Morgan fingerprint density at radius 3 is 2.77 bits per heavy atom. The van der Waals surface area contributed by atoms with Crippen molar-refractivity contribution < 1.29 is 9.90 Å². The van der Waals surface area contributed by atoms with Crippen LogP contribution in [0.15, 0.2) is 42.7 Å². The van der Waals surface area contributed by atoms with Gasteiger partial charge in [0.2, 0.25) is 0 Å². The number of rotatable bonds is 8. The molecule has 162 valence electrons. The summed E-state index contributed by atoms with van der Waals surface area (Å²) in [5, 5.41) is 16.9. The molecule has 3 N–H and O–H groups in total. The number of nitrogens with one attached hydrogen (secondary N) is 2. The summed E-state index contributed by atoms with van der Waals surface area (Å²) in [6.45, 7) is 3.65. The SMILES string of the molecule is Cc1ccnc(Nc2cccc(-c3cnc(CNC[C@H]4CC[C@H](C(=O)O)CC4)s3)n2)c1. The smallest absolute Gasteiger partial charge is 0.306 e. The van der Waals surface area contributed by atoms with E-state index in [2.05, 4.69) is 20.6 Å². The maximum Gasteiger partial charge on any atom is 0.306 e. The van der Waals surface area contributed by atoms with E-state index in [0.29, 0.717) is 12.5 Å². The number of hydrogen-bond donors (Lipinski definition) is 3. The molecule has 7 nitrogen and oxygen atoms in total. The van der Waals surface area contributed by atoms with Crippen LogP contribution in [0.1, 0.15) is 36.3 Å². The molecule has 0 aromatic carbocycles. The Kier molecular flexibility index (Phi) is 6.89. The van der Waals surface area contributed by atoms with E-state index in [1.165, 1.54) is 0 Å². The van der Waals surface area contributed by atoms with Crippen molar-refractivity contribution >= 4 is 28.9 Å². The van der Waals surface area contributed by atoms with Gasteiger partial charge in [0.25, 0.3) is 0 Å². The number of carboxylic acids is 1. The monoisotopic (exact) mass is 437 g/mol. The number of thiazole rings is 1. The molecular formula is C23H27N5O2S. The minimum atomic E-state index is -0.648. The van der Waals surface area contributed by atoms with E-state index >= 15 is 0 Å². The molecule has 1 fully saturated rings. The summed E-state index contributed by atoms with van der Waals surface area (Å²) in [7, 11) is 0. The number of anilines is 2. The van der Waals surface area contributed by atoms with Gasteiger partial charge in [-0.25, -0.2) is 15.0 Å². The number of carbonyl (C=O) groups is 1. The lowest BCUT2D eigenvalue weighted by atomic mass is 9.82. The molecule has 0 bridgehead atoms. The Bertz CT molecular complexity index is 1030. The van der Waals surface area contributed by atoms with Crippen molar-refractivity contribution in [3.63, 3.8) is 0 Å². The van der Waals surface area contributed by atoms with E-state index in [-0.39, 0.29) is 5.92 Å². The van der Waals surface area contributed by atoms with Gasteiger partial charge in [-0.1, -0.05) is 6.07 Å². The van der Waals surface area contributed by atoms with Crippen molar-refractivity contribution in [2.75, 3.05) is 11.9 Å². The predicted octanol–water partition coefficient (Wildman–Crippen LogP) is 4.63. The lowest BCUT2D eigenvalue weighted by Crippen LogP contribution is -2.28. The molecule has 0 unspecified atom stereocenters. The standard InChI is InChI=1S/C23H27N5O2S/c1-15-9-10-25-21(11-15)28-20-4-2-3-18(27-20)19-13-26-22(31-19)14-24-12-16-5-7-17(8-6-16)23(29)30/h2-4,9-11,13,16-17,24H,5-8,12,14H2,1H3,(H,29,30)(H,25,27,28)/t16-,17-. The highest BCUT2D eigenvalue weighted by molar-refractivity contribution is 7.15. The molecular weight excluding hydrogens is 410 g/mol. The van der Waals surface area contributed by atoms with Gasteiger partial charge >= 0.3 is 5.97 Å². The number of pyridine rings is 2. The van der Waals surface area contributed by atoms with E-state index < -0.39 is 5.97 Å². The number of hydrogen-bond acceptors (Lipinski definition) is 7. The molecule has 1 saturated carbocycles. The number of aliphatic carboxylic acids is 1. The fraction of sp³-hybridized carbons (Fsp3) is 0.391. The lowest BCUT2D eigenvalue weighted by molar-refractivity contribution is -0.143. The van der Waals surface area contributed by atoms with Crippen LogP contribution in [-0.4, -0.2) is 32.6 Å². The highest BCUT2D eigenvalue weighted by Crippen LogP contribution is 2.29. The van der Waals surface area contributed by atoms with E-state index in [9.17, 15) is 4.79 Å². The summed E-state index contributed by atoms with van der Waals surface area (Å²) in [5.41, 5.74) is 2.02. The highest BCUT2D eigenvalue weighted by Gasteiger charge is 2.25. The minimum absolute atomic E-state index is 0.155. The van der Waals surface area contributed by atoms with Crippen LogP contribution in [-0.2, 0) is 11.3 Å². The van der Waals surface area contributed by atoms with Gasteiger partial charge in [-0.2, -0.15) is 0 Å². The van der Waals surface area contributed by atoms with E-state index in [4.69, 9.17) is 10.1 Å². The zero-order valence-corrected chi connectivity index (χ0v) is 18.4. The Morgan fingerprint density at radius 2 is 2.00 bits per heavy atom. The second-order valence-electron chi connectivity index (χ2n) is 8.06. The van der Waals surface area contributed by atoms with E-state index in [1.54, 1.807) is 17.5 Å². The van der Waals surface area contributed by atoms with Crippen molar-refractivity contribution in [3.8, 4) is 10.6 Å². The Morgan fingerprint density at radius 1 is 1.16 bits per heavy atom. The topological polar surface area (TPSA) is 100 Å².